The third-order valence-electron chi connectivity index (χ3n) is 4.03. The van der Waals surface area contributed by atoms with Crippen LogP contribution >= 0.6 is 23.2 Å². The molecule has 2 N–H and O–H groups in total. The molecular formula is C16H19Cl2NO3. The Labute approximate surface area is 139 Å². The molecule has 4 nitrogen and oxygen atoms in total. The van der Waals surface area contributed by atoms with E-state index in [1.807, 2.05) is 0 Å². The van der Waals surface area contributed by atoms with E-state index in [4.69, 9.17) is 23.2 Å². The van der Waals surface area contributed by atoms with Crippen molar-refractivity contribution < 1.29 is 14.7 Å². The third-order valence-corrected chi connectivity index (χ3v) is 4.77. The van der Waals surface area contributed by atoms with Gasteiger partial charge in [-0.2, -0.15) is 0 Å². The molecule has 0 heterocycles. The molecule has 1 aliphatic carbocycles. The number of hydrogen-bond acceptors (Lipinski definition) is 2. The average Bonchev–Trinajstić information content (AvgIpc) is 2.68. The second-order valence-corrected chi connectivity index (χ2v) is 6.50. The Morgan fingerprint density at radius 1 is 1.14 bits per heavy atom. The Morgan fingerprint density at radius 3 is 2.55 bits per heavy atom. The van der Waals surface area contributed by atoms with Crippen LogP contribution in [0.3, 0.4) is 0 Å². The van der Waals surface area contributed by atoms with Crippen molar-refractivity contribution in [3.05, 3.63) is 33.8 Å². The smallest absolute Gasteiger partial charge is 0.308 e. The fourth-order valence-corrected chi connectivity index (χ4v) is 3.19. The molecule has 0 saturated heterocycles. The monoisotopic (exact) mass is 343 g/mol. The topological polar surface area (TPSA) is 66.4 Å². The molecule has 1 saturated carbocycles. The van der Waals surface area contributed by atoms with Crippen LogP contribution in [-0.4, -0.2) is 23.0 Å². The lowest BCUT2D eigenvalue weighted by atomic mass is 9.94. The fraction of sp³-hybridized carbons (Fsp3) is 0.500. The van der Waals surface area contributed by atoms with Crippen molar-refractivity contribution in [2.75, 3.05) is 0 Å². The quantitative estimate of drug-likeness (QED) is 0.819. The summed E-state index contributed by atoms with van der Waals surface area (Å²) in [7, 11) is 0. The van der Waals surface area contributed by atoms with Gasteiger partial charge < -0.3 is 10.4 Å². The van der Waals surface area contributed by atoms with Gasteiger partial charge in [-0.1, -0.05) is 48.5 Å². The van der Waals surface area contributed by atoms with E-state index in [1.54, 1.807) is 18.2 Å². The maximum absolute atomic E-state index is 12.2. The van der Waals surface area contributed by atoms with Gasteiger partial charge in [0.05, 0.1) is 22.4 Å². The molecule has 0 radical (unpaired) electrons. The summed E-state index contributed by atoms with van der Waals surface area (Å²) in [5.74, 6) is -1.52. The first-order valence-corrected chi connectivity index (χ1v) is 8.19. The van der Waals surface area contributed by atoms with Crippen molar-refractivity contribution in [1.82, 2.24) is 5.32 Å². The number of carbonyl (C=O) groups is 2. The van der Waals surface area contributed by atoms with Crippen LogP contribution in [0.25, 0.3) is 0 Å². The summed E-state index contributed by atoms with van der Waals surface area (Å²) in [5, 5.41) is 13.0. The number of nitrogens with one attached hydrogen (secondary N) is 1. The molecule has 6 heteroatoms. The van der Waals surface area contributed by atoms with Crippen LogP contribution in [0.15, 0.2) is 18.2 Å². The van der Waals surface area contributed by atoms with Crippen LogP contribution in [0.1, 0.15) is 37.7 Å². The standard InChI is InChI=1S/C16H19Cl2NO3/c17-12-7-6-10(8-13(12)18)9-15(20)19-14-5-3-1-2-4-11(14)16(21)22/h6-8,11,14H,1-5,9H2,(H,19,20)(H,21,22)/t11-,14+/m1/s1. The van der Waals surface area contributed by atoms with E-state index in [2.05, 4.69) is 5.32 Å². The Hall–Kier alpha value is -1.26. The molecule has 120 valence electrons. The lowest BCUT2D eigenvalue weighted by Gasteiger charge is -2.23. The second-order valence-electron chi connectivity index (χ2n) is 5.68. The molecule has 0 aliphatic heterocycles. The zero-order valence-corrected chi connectivity index (χ0v) is 13.7. The maximum Gasteiger partial charge on any atom is 0.308 e. The zero-order valence-electron chi connectivity index (χ0n) is 12.1. The van der Waals surface area contributed by atoms with Gasteiger partial charge in [0.25, 0.3) is 0 Å². The van der Waals surface area contributed by atoms with E-state index in [-0.39, 0.29) is 18.4 Å². The summed E-state index contributed by atoms with van der Waals surface area (Å²) >= 11 is 11.8. The minimum Gasteiger partial charge on any atom is -0.481 e. The van der Waals surface area contributed by atoms with Gasteiger partial charge in [0.2, 0.25) is 5.91 Å². The van der Waals surface area contributed by atoms with E-state index in [0.29, 0.717) is 22.9 Å². The molecular weight excluding hydrogens is 325 g/mol. The molecule has 1 aromatic rings. The molecule has 1 fully saturated rings. The Morgan fingerprint density at radius 2 is 1.86 bits per heavy atom. The van der Waals surface area contributed by atoms with Gasteiger partial charge >= 0.3 is 5.97 Å². The number of benzene rings is 1. The van der Waals surface area contributed by atoms with E-state index in [1.165, 1.54) is 0 Å². The SMILES string of the molecule is O=C(Cc1ccc(Cl)c(Cl)c1)N[C@H]1CCCCC[C@H]1C(=O)O. The molecule has 0 bridgehead atoms. The highest BCUT2D eigenvalue weighted by Gasteiger charge is 2.30. The first-order valence-electron chi connectivity index (χ1n) is 7.43. The van der Waals surface area contributed by atoms with E-state index >= 15 is 0 Å². The molecule has 2 atom stereocenters. The Balaban J connectivity index is 1.99. The van der Waals surface area contributed by atoms with Crippen LogP contribution in [0, 0.1) is 5.92 Å². The van der Waals surface area contributed by atoms with Gasteiger partial charge in [-0.3, -0.25) is 9.59 Å². The van der Waals surface area contributed by atoms with Crippen molar-refractivity contribution in [2.45, 2.75) is 44.6 Å². The van der Waals surface area contributed by atoms with Gasteiger partial charge in [0, 0.05) is 6.04 Å². The molecule has 0 aromatic heterocycles. The maximum atomic E-state index is 12.2. The number of rotatable bonds is 4. The van der Waals surface area contributed by atoms with Crippen LogP contribution in [0.5, 0.6) is 0 Å². The lowest BCUT2D eigenvalue weighted by molar-refractivity contribution is -0.143. The van der Waals surface area contributed by atoms with Crippen LogP contribution in [0.4, 0.5) is 0 Å². The number of halogens is 2. The van der Waals surface area contributed by atoms with Gasteiger partial charge in [-0.05, 0) is 30.5 Å². The summed E-state index contributed by atoms with van der Waals surface area (Å²) in [4.78, 5) is 23.5. The number of hydrogen-bond donors (Lipinski definition) is 2. The number of carbonyl (C=O) groups excluding carboxylic acids is 1. The Bertz CT molecular complexity index is 562. The molecule has 1 aliphatic rings. The number of carboxylic acids is 1. The van der Waals surface area contributed by atoms with Crippen molar-refractivity contribution in [3.8, 4) is 0 Å². The molecule has 1 aromatic carbocycles. The summed E-state index contributed by atoms with van der Waals surface area (Å²) in [6.45, 7) is 0. The van der Waals surface area contributed by atoms with Gasteiger partial charge in [-0.15, -0.1) is 0 Å². The minimum atomic E-state index is -0.832. The first-order chi connectivity index (χ1) is 10.5. The van der Waals surface area contributed by atoms with Crippen LogP contribution in [-0.2, 0) is 16.0 Å². The van der Waals surface area contributed by atoms with Crippen LogP contribution in [0.2, 0.25) is 10.0 Å². The predicted molar refractivity (Wildman–Crippen MR) is 86.3 cm³/mol. The van der Waals surface area contributed by atoms with Crippen molar-refractivity contribution in [3.63, 3.8) is 0 Å². The predicted octanol–water partition coefficient (Wildman–Crippen LogP) is 3.69. The van der Waals surface area contributed by atoms with Gasteiger partial charge in [0.1, 0.15) is 0 Å². The largest absolute Gasteiger partial charge is 0.481 e. The highest BCUT2D eigenvalue weighted by atomic mass is 35.5. The normalized spacial score (nSPS) is 21.9. The van der Waals surface area contributed by atoms with Crippen LogP contribution < -0.4 is 5.32 Å². The first kappa shape index (κ1) is 17.1. The highest BCUT2D eigenvalue weighted by molar-refractivity contribution is 6.42. The molecule has 0 unspecified atom stereocenters. The van der Waals surface area contributed by atoms with Crippen molar-refractivity contribution in [1.29, 1.82) is 0 Å². The van der Waals surface area contributed by atoms with E-state index in [0.717, 1.165) is 24.8 Å². The summed E-state index contributed by atoms with van der Waals surface area (Å²) in [5.41, 5.74) is 0.757. The number of amides is 1. The average molecular weight is 344 g/mol. The molecule has 1 amide bonds. The minimum absolute atomic E-state index is 0.166. The summed E-state index contributed by atoms with van der Waals surface area (Å²) in [6, 6.07) is 4.76. The molecule has 0 spiro atoms. The second kappa shape index (κ2) is 7.84. The van der Waals surface area contributed by atoms with Crippen molar-refractivity contribution in [2.24, 2.45) is 5.92 Å². The van der Waals surface area contributed by atoms with Crippen molar-refractivity contribution >= 4 is 35.1 Å². The van der Waals surface area contributed by atoms with Gasteiger partial charge in [-0.25, -0.2) is 0 Å². The zero-order chi connectivity index (χ0) is 16.1. The summed E-state index contributed by atoms with van der Waals surface area (Å²) < 4.78 is 0. The molecule has 2 rings (SSSR count). The third kappa shape index (κ3) is 4.62. The van der Waals surface area contributed by atoms with E-state index in [9.17, 15) is 14.7 Å². The number of carboxylic acid groups (broad SMARTS) is 1. The van der Waals surface area contributed by atoms with Gasteiger partial charge in [0.15, 0.2) is 0 Å². The lowest BCUT2D eigenvalue weighted by Crippen LogP contribution is -2.43. The molecule has 22 heavy (non-hydrogen) atoms. The highest BCUT2D eigenvalue weighted by Crippen LogP contribution is 2.25. The summed E-state index contributed by atoms with van der Waals surface area (Å²) in [6.07, 6.45) is 4.36. The Kier molecular flexibility index (Phi) is 6.09. The number of aliphatic carboxylic acids is 1. The fourth-order valence-electron chi connectivity index (χ4n) is 2.87. The van der Waals surface area contributed by atoms with E-state index < -0.39 is 11.9 Å².